The number of halogens is 1. The molecule has 0 bridgehead atoms. The normalized spacial score (nSPS) is 21.0. The van der Waals surface area contributed by atoms with Crippen molar-refractivity contribution in [2.45, 2.75) is 45.3 Å². The summed E-state index contributed by atoms with van der Waals surface area (Å²) in [5.74, 6) is 1.10. The standard InChI is InChI=1S/C18H24FN3O2/c1-12(16-20-17(21-24-16)18(2,3)4)22-9-10-23-15(11-22)13-5-7-14(19)8-6-13/h5-8,12,15H,9-11H2,1-4H3. The first-order valence-corrected chi connectivity index (χ1v) is 8.30. The second-order valence-electron chi connectivity index (χ2n) is 7.29. The van der Waals surface area contributed by atoms with Crippen LogP contribution in [0.3, 0.4) is 0 Å². The Labute approximate surface area is 141 Å². The lowest BCUT2D eigenvalue weighted by atomic mass is 9.96. The highest BCUT2D eigenvalue weighted by molar-refractivity contribution is 5.19. The molecule has 1 aromatic carbocycles. The lowest BCUT2D eigenvalue weighted by Crippen LogP contribution is -2.40. The molecule has 24 heavy (non-hydrogen) atoms. The third kappa shape index (κ3) is 3.65. The van der Waals surface area contributed by atoms with Gasteiger partial charge in [-0.3, -0.25) is 4.90 Å². The van der Waals surface area contributed by atoms with Gasteiger partial charge in [0.15, 0.2) is 5.82 Å². The van der Waals surface area contributed by atoms with E-state index in [9.17, 15) is 4.39 Å². The van der Waals surface area contributed by atoms with Gasteiger partial charge in [0.2, 0.25) is 5.89 Å². The van der Waals surface area contributed by atoms with Crippen molar-refractivity contribution < 1.29 is 13.7 Å². The smallest absolute Gasteiger partial charge is 0.243 e. The third-order valence-electron chi connectivity index (χ3n) is 4.36. The lowest BCUT2D eigenvalue weighted by molar-refractivity contribution is -0.0469. The van der Waals surface area contributed by atoms with Crippen molar-refractivity contribution in [3.63, 3.8) is 0 Å². The van der Waals surface area contributed by atoms with Crippen LogP contribution >= 0.6 is 0 Å². The predicted molar refractivity (Wildman–Crippen MR) is 88.1 cm³/mol. The van der Waals surface area contributed by atoms with Gasteiger partial charge in [-0.2, -0.15) is 4.98 Å². The molecule has 2 heterocycles. The van der Waals surface area contributed by atoms with Crippen molar-refractivity contribution in [1.29, 1.82) is 0 Å². The maximum absolute atomic E-state index is 13.1. The van der Waals surface area contributed by atoms with Crippen LogP contribution in [0.2, 0.25) is 0 Å². The molecule has 1 saturated heterocycles. The summed E-state index contributed by atoms with van der Waals surface area (Å²) < 4.78 is 24.4. The van der Waals surface area contributed by atoms with Gasteiger partial charge in [0.1, 0.15) is 5.82 Å². The summed E-state index contributed by atoms with van der Waals surface area (Å²) >= 11 is 0. The second kappa shape index (κ2) is 6.61. The number of hydrogen-bond donors (Lipinski definition) is 0. The molecular weight excluding hydrogens is 309 g/mol. The summed E-state index contributed by atoms with van der Waals surface area (Å²) in [6.07, 6.45) is -0.0770. The van der Waals surface area contributed by atoms with Crippen LogP contribution in [0.5, 0.6) is 0 Å². The second-order valence-corrected chi connectivity index (χ2v) is 7.29. The molecule has 3 rings (SSSR count). The molecule has 1 fully saturated rings. The SMILES string of the molecule is CC(c1nc(C(C)(C)C)no1)N1CCOC(c2ccc(F)cc2)C1. The number of ether oxygens (including phenoxy) is 1. The Morgan fingerprint density at radius 1 is 1.25 bits per heavy atom. The van der Waals surface area contributed by atoms with Crippen LogP contribution in [0.1, 0.15) is 57.1 Å². The fourth-order valence-electron chi connectivity index (χ4n) is 2.77. The van der Waals surface area contributed by atoms with E-state index in [0.29, 0.717) is 24.9 Å². The van der Waals surface area contributed by atoms with Crippen LogP contribution in [0.25, 0.3) is 0 Å². The van der Waals surface area contributed by atoms with Gasteiger partial charge < -0.3 is 9.26 Å². The minimum atomic E-state index is -0.236. The molecule has 130 valence electrons. The number of benzene rings is 1. The zero-order valence-corrected chi connectivity index (χ0v) is 14.6. The summed E-state index contributed by atoms with van der Waals surface area (Å²) in [7, 11) is 0. The van der Waals surface area contributed by atoms with E-state index in [0.717, 1.165) is 12.1 Å². The van der Waals surface area contributed by atoms with Gasteiger partial charge in [-0.1, -0.05) is 38.1 Å². The Hall–Kier alpha value is -1.79. The maximum Gasteiger partial charge on any atom is 0.243 e. The van der Waals surface area contributed by atoms with Crippen molar-refractivity contribution in [3.05, 3.63) is 47.4 Å². The van der Waals surface area contributed by atoms with Crippen molar-refractivity contribution in [2.24, 2.45) is 0 Å². The molecule has 1 aromatic heterocycles. The number of rotatable bonds is 3. The Bertz CT molecular complexity index is 678. The zero-order chi connectivity index (χ0) is 17.3. The van der Waals surface area contributed by atoms with Crippen molar-refractivity contribution in [3.8, 4) is 0 Å². The largest absolute Gasteiger partial charge is 0.371 e. The Morgan fingerprint density at radius 2 is 1.96 bits per heavy atom. The summed E-state index contributed by atoms with van der Waals surface area (Å²) in [6, 6.07) is 6.50. The molecule has 6 heteroatoms. The molecule has 2 atom stereocenters. The minimum Gasteiger partial charge on any atom is -0.371 e. The Kier molecular flexibility index (Phi) is 4.69. The van der Waals surface area contributed by atoms with Crippen LogP contribution in [-0.2, 0) is 10.2 Å². The van der Waals surface area contributed by atoms with Gasteiger partial charge in [0.25, 0.3) is 0 Å². The Morgan fingerprint density at radius 3 is 2.58 bits per heavy atom. The molecule has 0 amide bonds. The summed E-state index contributed by atoms with van der Waals surface area (Å²) in [6.45, 7) is 10.4. The zero-order valence-electron chi connectivity index (χ0n) is 14.6. The minimum absolute atomic E-state index is 0.0143. The molecule has 0 saturated carbocycles. The molecule has 0 radical (unpaired) electrons. The molecule has 0 aliphatic carbocycles. The number of hydrogen-bond acceptors (Lipinski definition) is 5. The summed E-state index contributed by atoms with van der Waals surface area (Å²) in [5.41, 5.74) is 0.845. The van der Waals surface area contributed by atoms with Crippen LogP contribution in [0.4, 0.5) is 4.39 Å². The van der Waals surface area contributed by atoms with Crippen molar-refractivity contribution in [1.82, 2.24) is 15.0 Å². The highest BCUT2D eigenvalue weighted by Gasteiger charge is 2.30. The first-order valence-electron chi connectivity index (χ1n) is 8.30. The van der Waals surface area contributed by atoms with Gasteiger partial charge in [-0.15, -0.1) is 0 Å². The molecule has 5 nitrogen and oxygen atoms in total. The van der Waals surface area contributed by atoms with E-state index in [1.54, 1.807) is 12.1 Å². The van der Waals surface area contributed by atoms with E-state index in [1.165, 1.54) is 12.1 Å². The molecule has 2 aromatic rings. The van der Waals surface area contributed by atoms with Crippen molar-refractivity contribution >= 4 is 0 Å². The van der Waals surface area contributed by atoms with Crippen LogP contribution in [0.15, 0.2) is 28.8 Å². The van der Waals surface area contributed by atoms with Gasteiger partial charge in [-0.05, 0) is 24.6 Å². The monoisotopic (exact) mass is 333 g/mol. The first kappa shape index (κ1) is 17.0. The summed E-state index contributed by atoms with van der Waals surface area (Å²) in [4.78, 5) is 6.82. The van der Waals surface area contributed by atoms with E-state index in [1.807, 2.05) is 0 Å². The van der Waals surface area contributed by atoms with Gasteiger partial charge in [-0.25, -0.2) is 4.39 Å². The number of aromatic nitrogens is 2. The molecule has 0 spiro atoms. The molecule has 1 aliphatic heterocycles. The predicted octanol–water partition coefficient (Wildman–Crippen LogP) is 3.64. The van der Waals surface area contributed by atoms with E-state index in [2.05, 4.69) is 42.7 Å². The fourth-order valence-corrected chi connectivity index (χ4v) is 2.77. The average Bonchev–Trinajstić information content (AvgIpc) is 3.05. The molecular formula is C18H24FN3O2. The molecule has 1 aliphatic rings. The van der Waals surface area contributed by atoms with Crippen LogP contribution in [-0.4, -0.2) is 34.7 Å². The molecule has 2 unspecified atom stereocenters. The average molecular weight is 333 g/mol. The summed E-state index contributed by atoms with van der Waals surface area (Å²) in [5, 5.41) is 4.10. The van der Waals surface area contributed by atoms with Gasteiger partial charge >= 0.3 is 0 Å². The van der Waals surface area contributed by atoms with Crippen LogP contribution < -0.4 is 0 Å². The van der Waals surface area contributed by atoms with Crippen molar-refractivity contribution in [2.75, 3.05) is 19.7 Å². The van der Waals surface area contributed by atoms with Gasteiger partial charge in [0, 0.05) is 18.5 Å². The highest BCUT2D eigenvalue weighted by Crippen LogP contribution is 2.29. The van der Waals surface area contributed by atoms with E-state index in [-0.39, 0.29) is 23.4 Å². The molecule has 0 N–H and O–H groups in total. The third-order valence-corrected chi connectivity index (χ3v) is 4.36. The van der Waals surface area contributed by atoms with E-state index < -0.39 is 0 Å². The number of nitrogens with zero attached hydrogens (tertiary/aromatic N) is 3. The first-order chi connectivity index (χ1) is 11.3. The van der Waals surface area contributed by atoms with Gasteiger partial charge in [0.05, 0.1) is 18.8 Å². The maximum atomic E-state index is 13.1. The quantitative estimate of drug-likeness (QED) is 0.858. The highest BCUT2D eigenvalue weighted by atomic mass is 19.1. The van der Waals surface area contributed by atoms with Crippen LogP contribution in [0, 0.1) is 5.82 Å². The lowest BCUT2D eigenvalue weighted by Gasteiger charge is -2.35. The fraction of sp³-hybridized carbons (Fsp3) is 0.556. The topological polar surface area (TPSA) is 51.4 Å². The number of morpholine rings is 1. The van der Waals surface area contributed by atoms with E-state index >= 15 is 0 Å². The Balaban J connectivity index is 1.72. The van der Waals surface area contributed by atoms with E-state index in [4.69, 9.17) is 9.26 Å².